The number of benzene rings is 3. The van der Waals surface area contributed by atoms with Gasteiger partial charge in [0, 0.05) is 17.8 Å². The Labute approximate surface area is 212 Å². The molecule has 0 radical (unpaired) electrons. The number of hydrogen-bond acceptors (Lipinski definition) is 6. The number of hydrogen-bond donors (Lipinski definition) is 1. The van der Waals surface area contributed by atoms with E-state index in [1.54, 1.807) is 36.4 Å². The van der Waals surface area contributed by atoms with Crippen molar-refractivity contribution in [3.8, 4) is 11.4 Å². The van der Waals surface area contributed by atoms with Crippen molar-refractivity contribution in [1.82, 2.24) is 14.8 Å². The van der Waals surface area contributed by atoms with Gasteiger partial charge in [-0.2, -0.15) is 0 Å². The van der Waals surface area contributed by atoms with Crippen LogP contribution in [0.25, 0.3) is 11.4 Å². The van der Waals surface area contributed by atoms with Crippen molar-refractivity contribution < 1.29 is 14.4 Å². The highest BCUT2D eigenvalue weighted by molar-refractivity contribution is 7.99. The van der Waals surface area contributed by atoms with E-state index in [1.807, 2.05) is 54.8 Å². The molecule has 180 valence electrons. The lowest BCUT2D eigenvalue weighted by molar-refractivity contribution is -0.113. The molecule has 3 amide bonds. The van der Waals surface area contributed by atoms with Crippen molar-refractivity contribution in [3.63, 3.8) is 0 Å². The first-order chi connectivity index (χ1) is 17.5. The number of nitrogens with zero attached hydrogens (tertiary/aromatic N) is 4. The highest BCUT2D eigenvalue weighted by Crippen LogP contribution is 2.31. The molecule has 0 saturated heterocycles. The molecule has 1 N–H and O–H groups in total. The molecule has 2 heterocycles. The Morgan fingerprint density at radius 1 is 0.889 bits per heavy atom. The Bertz CT molecular complexity index is 1430. The summed E-state index contributed by atoms with van der Waals surface area (Å²) in [4.78, 5) is 39.1. The lowest BCUT2D eigenvalue weighted by atomic mass is 10.1. The quantitative estimate of drug-likeness (QED) is 0.291. The summed E-state index contributed by atoms with van der Waals surface area (Å²) < 4.78 is 1.93. The molecule has 4 aromatic rings. The molecule has 0 spiro atoms. The molecular formula is C27H23N5O3S. The maximum atomic E-state index is 12.8. The van der Waals surface area contributed by atoms with E-state index in [2.05, 4.69) is 15.5 Å². The first-order valence-electron chi connectivity index (χ1n) is 11.5. The van der Waals surface area contributed by atoms with Crippen LogP contribution in [0.3, 0.4) is 0 Å². The minimum Gasteiger partial charge on any atom is -0.325 e. The van der Waals surface area contributed by atoms with Gasteiger partial charge in [0.05, 0.1) is 22.6 Å². The summed E-state index contributed by atoms with van der Waals surface area (Å²) in [6.45, 7) is 4.59. The van der Waals surface area contributed by atoms with Crippen molar-refractivity contribution in [2.75, 3.05) is 16.0 Å². The number of amides is 3. The predicted octanol–water partition coefficient (Wildman–Crippen LogP) is 4.80. The van der Waals surface area contributed by atoms with E-state index in [-0.39, 0.29) is 23.5 Å². The van der Waals surface area contributed by atoms with Gasteiger partial charge < -0.3 is 9.88 Å². The van der Waals surface area contributed by atoms with Gasteiger partial charge in [-0.15, -0.1) is 10.2 Å². The molecule has 5 rings (SSSR count). The Balaban J connectivity index is 1.29. The molecule has 1 aliphatic rings. The third-order valence-electron chi connectivity index (χ3n) is 5.88. The highest BCUT2D eigenvalue weighted by Gasteiger charge is 2.36. The number of anilines is 2. The molecule has 8 nitrogen and oxygen atoms in total. The minimum atomic E-state index is -0.331. The van der Waals surface area contributed by atoms with Crippen LogP contribution in [0.1, 0.15) is 33.2 Å². The van der Waals surface area contributed by atoms with Crippen LogP contribution in [0, 0.1) is 6.92 Å². The van der Waals surface area contributed by atoms with Gasteiger partial charge in [-0.3, -0.25) is 14.4 Å². The summed E-state index contributed by atoms with van der Waals surface area (Å²) >= 11 is 1.31. The van der Waals surface area contributed by atoms with Crippen molar-refractivity contribution in [2.24, 2.45) is 0 Å². The van der Waals surface area contributed by atoms with Crippen LogP contribution >= 0.6 is 11.8 Å². The predicted molar refractivity (Wildman–Crippen MR) is 139 cm³/mol. The average Bonchev–Trinajstić information content (AvgIpc) is 3.42. The van der Waals surface area contributed by atoms with Gasteiger partial charge in [0.15, 0.2) is 11.0 Å². The molecule has 3 aromatic carbocycles. The van der Waals surface area contributed by atoms with Crippen LogP contribution in [0.2, 0.25) is 0 Å². The van der Waals surface area contributed by atoms with Crippen molar-refractivity contribution >= 4 is 40.9 Å². The summed E-state index contributed by atoms with van der Waals surface area (Å²) in [5.41, 5.74) is 3.98. The summed E-state index contributed by atoms with van der Waals surface area (Å²) in [5, 5.41) is 12.1. The van der Waals surface area contributed by atoms with Crippen LogP contribution in [0.4, 0.5) is 11.4 Å². The van der Waals surface area contributed by atoms with E-state index in [4.69, 9.17) is 0 Å². The third kappa shape index (κ3) is 4.40. The number of fused-ring (bicyclic) bond motifs is 1. The van der Waals surface area contributed by atoms with Gasteiger partial charge in [0.25, 0.3) is 11.8 Å². The van der Waals surface area contributed by atoms with Gasteiger partial charge in [-0.05, 0) is 62.4 Å². The smallest absolute Gasteiger partial charge is 0.266 e. The molecule has 0 aliphatic carbocycles. The number of thioether (sulfide) groups is 1. The van der Waals surface area contributed by atoms with Gasteiger partial charge in [-0.1, -0.05) is 41.6 Å². The van der Waals surface area contributed by atoms with Crippen molar-refractivity contribution in [2.45, 2.75) is 25.5 Å². The average molecular weight is 498 g/mol. The van der Waals surface area contributed by atoms with E-state index in [0.717, 1.165) is 16.8 Å². The monoisotopic (exact) mass is 497 g/mol. The second-order valence-corrected chi connectivity index (χ2v) is 9.23. The molecular weight excluding hydrogens is 474 g/mol. The van der Waals surface area contributed by atoms with Crippen LogP contribution < -0.4 is 10.2 Å². The molecule has 0 saturated carbocycles. The SMILES string of the molecule is CCn1c(SCC(=O)Nc2ccc(C)cc2)nnc1-c1ccc(N2C(=O)c3ccccc3C2=O)cc1. The maximum Gasteiger partial charge on any atom is 0.266 e. The Kier molecular flexibility index (Phi) is 6.39. The van der Waals surface area contributed by atoms with Gasteiger partial charge in [-0.25, -0.2) is 4.90 Å². The summed E-state index contributed by atoms with van der Waals surface area (Å²) in [6, 6.07) is 21.5. The van der Waals surface area contributed by atoms with E-state index in [0.29, 0.717) is 34.3 Å². The van der Waals surface area contributed by atoms with Crippen LogP contribution in [-0.4, -0.2) is 38.2 Å². The zero-order chi connectivity index (χ0) is 25.2. The fourth-order valence-electron chi connectivity index (χ4n) is 4.04. The number of carbonyl (C=O) groups excluding carboxylic acids is 3. The molecule has 0 bridgehead atoms. The zero-order valence-electron chi connectivity index (χ0n) is 19.8. The van der Waals surface area contributed by atoms with E-state index >= 15 is 0 Å². The number of imide groups is 1. The minimum absolute atomic E-state index is 0.124. The topological polar surface area (TPSA) is 97.2 Å². The first-order valence-corrected chi connectivity index (χ1v) is 12.5. The van der Waals surface area contributed by atoms with Gasteiger partial charge >= 0.3 is 0 Å². The van der Waals surface area contributed by atoms with Crippen LogP contribution in [0.15, 0.2) is 78.0 Å². The number of nitrogens with one attached hydrogen (secondary N) is 1. The molecule has 0 fully saturated rings. The molecule has 1 aromatic heterocycles. The first kappa shape index (κ1) is 23.5. The third-order valence-corrected chi connectivity index (χ3v) is 6.85. The normalized spacial score (nSPS) is 12.7. The summed E-state index contributed by atoms with van der Waals surface area (Å²) in [7, 11) is 0. The zero-order valence-corrected chi connectivity index (χ0v) is 20.6. The van der Waals surface area contributed by atoms with Crippen molar-refractivity contribution in [3.05, 3.63) is 89.5 Å². The van der Waals surface area contributed by atoms with Crippen LogP contribution in [-0.2, 0) is 11.3 Å². The lowest BCUT2D eigenvalue weighted by Gasteiger charge is -2.14. The van der Waals surface area contributed by atoms with Gasteiger partial charge in [0.2, 0.25) is 5.91 Å². The molecule has 0 atom stereocenters. The fraction of sp³-hybridized carbons (Fsp3) is 0.148. The number of rotatable bonds is 7. The molecule has 36 heavy (non-hydrogen) atoms. The molecule has 0 unspecified atom stereocenters. The van der Waals surface area contributed by atoms with Crippen molar-refractivity contribution in [1.29, 1.82) is 0 Å². The second-order valence-electron chi connectivity index (χ2n) is 8.29. The fourth-order valence-corrected chi connectivity index (χ4v) is 4.84. The Morgan fingerprint density at radius 3 is 2.14 bits per heavy atom. The molecule has 9 heteroatoms. The summed E-state index contributed by atoms with van der Waals surface area (Å²) in [5.74, 6) is 0.0598. The van der Waals surface area contributed by atoms with Gasteiger partial charge in [0.1, 0.15) is 0 Å². The van der Waals surface area contributed by atoms with E-state index < -0.39 is 0 Å². The lowest BCUT2D eigenvalue weighted by Crippen LogP contribution is -2.29. The summed E-state index contributed by atoms with van der Waals surface area (Å²) in [6.07, 6.45) is 0. The second kappa shape index (κ2) is 9.79. The maximum absolute atomic E-state index is 12.8. The van der Waals surface area contributed by atoms with E-state index in [9.17, 15) is 14.4 Å². The van der Waals surface area contributed by atoms with E-state index in [1.165, 1.54) is 16.7 Å². The Morgan fingerprint density at radius 2 is 1.53 bits per heavy atom. The highest BCUT2D eigenvalue weighted by atomic mass is 32.2. The largest absolute Gasteiger partial charge is 0.325 e. The number of carbonyl (C=O) groups is 3. The molecule has 1 aliphatic heterocycles. The number of aromatic nitrogens is 3. The number of aryl methyl sites for hydroxylation is 1. The van der Waals surface area contributed by atoms with Crippen LogP contribution in [0.5, 0.6) is 0 Å². The standard InChI is InChI=1S/C27H23N5O3S/c1-3-31-24(29-30-27(31)36-16-23(33)28-19-12-8-17(2)9-13-19)18-10-14-20(15-11-18)32-25(34)21-6-4-5-7-22(21)26(32)35/h4-15H,3,16H2,1-2H3,(H,28,33). The Hall–Kier alpha value is -4.24.